The lowest BCUT2D eigenvalue weighted by molar-refractivity contribution is -0.138. The Morgan fingerprint density at radius 1 is 1.12 bits per heavy atom. The lowest BCUT2D eigenvalue weighted by atomic mass is 9.98. The van der Waals surface area contributed by atoms with Crippen molar-refractivity contribution < 1.29 is 31.4 Å². The first-order valence-corrected chi connectivity index (χ1v) is 9.75. The van der Waals surface area contributed by atoms with Crippen LogP contribution in [0, 0.1) is 0 Å². The first-order chi connectivity index (χ1) is 14.6. The zero-order valence-electron chi connectivity index (χ0n) is 17.0. The third kappa shape index (κ3) is 5.04. The normalized spacial score (nSPS) is 12.5. The minimum absolute atomic E-state index is 0. The highest BCUT2D eigenvalue weighted by atomic mass is 35.5. The van der Waals surface area contributed by atoms with Gasteiger partial charge < -0.3 is 14.0 Å². The van der Waals surface area contributed by atoms with Crippen molar-refractivity contribution in [3.05, 3.63) is 51.8 Å². The van der Waals surface area contributed by atoms with Gasteiger partial charge in [0.2, 0.25) is 0 Å². The third-order valence-corrected chi connectivity index (χ3v) is 5.27. The molecule has 1 N–H and O–H groups in total. The van der Waals surface area contributed by atoms with Crippen LogP contribution in [0.15, 0.2) is 35.1 Å². The van der Waals surface area contributed by atoms with Crippen LogP contribution in [0.1, 0.15) is 11.1 Å². The number of hydrogen-bond donors (Lipinski definition) is 1. The first-order valence-electron chi connectivity index (χ1n) is 8.72. The number of alkyl halides is 3. The molecule has 0 amide bonds. The number of fused-ring (bicyclic) bond motifs is 1. The van der Waals surface area contributed by atoms with Gasteiger partial charge in [0.15, 0.2) is 11.5 Å². The van der Waals surface area contributed by atoms with Crippen LogP contribution in [-0.2, 0) is 24.0 Å². The molecule has 1 aromatic heterocycles. The Hall–Kier alpha value is -2.67. The molecule has 174 valence electrons. The van der Waals surface area contributed by atoms with Crippen LogP contribution in [0.3, 0.4) is 0 Å². The molecule has 1 unspecified atom stereocenters. The second-order valence-corrected chi connectivity index (χ2v) is 7.58. The molecule has 0 bridgehead atoms. The van der Waals surface area contributed by atoms with Gasteiger partial charge >= 0.3 is 6.18 Å². The van der Waals surface area contributed by atoms with Crippen molar-refractivity contribution in [3.63, 3.8) is 0 Å². The van der Waals surface area contributed by atoms with Gasteiger partial charge in [0.25, 0.3) is 5.56 Å². The number of rotatable bonds is 6. The van der Waals surface area contributed by atoms with Crippen LogP contribution in [-0.4, -0.2) is 44.5 Å². The van der Waals surface area contributed by atoms with Crippen molar-refractivity contribution in [2.45, 2.75) is 12.7 Å². The van der Waals surface area contributed by atoms with Crippen LogP contribution in [0.2, 0.25) is 0 Å². The van der Waals surface area contributed by atoms with Crippen LogP contribution in [0.5, 0.6) is 11.5 Å². The number of hydrogen-bond acceptors (Lipinski definition) is 6. The van der Waals surface area contributed by atoms with Crippen molar-refractivity contribution in [1.29, 1.82) is 0 Å². The van der Waals surface area contributed by atoms with E-state index in [0.717, 1.165) is 17.4 Å². The van der Waals surface area contributed by atoms with Crippen LogP contribution in [0.25, 0.3) is 22.0 Å². The van der Waals surface area contributed by atoms with E-state index in [1.165, 1.54) is 38.5 Å². The first kappa shape index (κ1) is 25.6. The summed E-state index contributed by atoms with van der Waals surface area (Å²) in [6, 6.07) is 6.30. The Morgan fingerprint density at radius 3 is 2.25 bits per heavy atom. The number of nitrogens with zero attached hydrogens (tertiary/aromatic N) is 2. The molecule has 3 aromatic rings. The zero-order valence-corrected chi connectivity index (χ0v) is 18.6. The maximum Gasteiger partial charge on any atom is 0.416 e. The fourth-order valence-electron chi connectivity index (χ4n) is 3.13. The Morgan fingerprint density at radius 2 is 1.72 bits per heavy atom. The van der Waals surface area contributed by atoms with Crippen molar-refractivity contribution in [1.82, 2.24) is 14.5 Å². The highest BCUT2D eigenvalue weighted by Crippen LogP contribution is 2.38. The smallest absolute Gasteiger partial charge is 0.416 e. The van der Waals surface area contributed by atoms with Crippen molar-refractivity contribution >= 4 is 34.4 Å². The van der Waals surface area contributed by atoms with E-state index < -0.39 is 35.1 Å². The lowest BCUT2D eigenvalue weighted by Crippen LogP contribution is -2.22. The second kappa shape index (κ2) is 9.86. The predicted octanol–water partition coefficient (Wildman–Crippen LogP) is 3.27. The molecule has 0 saturated heterocycles. The molecule has 0 fully saturated rings. The van der Waals surface area contributed by atoms with E-state index in [0.29, 0.717) is 0 Å². The van der Waals surface area contributed by atoms with Gasteiger partial charge in [0.05, 0.1) is 30.9 Å². The van der Waals surface area contributed by atoms with E-state index in [4.69, 9.17) is 9.47 Å². The molecule has 13 heteroatoms. The molecular formula is C19H18ClF3N3O5S-. The number of H-pyrrole nitrogens is 1. The van der Waals surface area contributed by atoms with Crippen molar-refractivity contribution in [2.75, 3.05) is 21.3 Å². The monoisotopic (exact) mass is 492 g/mol. The summed E-state index contributed by atoms with van der Waals surface area (Å²) in [5, 5.41) is 6.63. The average Bonchev–Trinajstić information content (AvgIpc) is 2.72. The van der Waals surface area contributed by atoms with E-state index in [-0.39, 0.29) is 51.5 Å². The second-order valence-electron chi connectivity index (χ2n) is 6.53. The van der Waals surface area contributed by atoms with Gasteiger partial charge in [-0.1, -0.05) is 12.1 Å². The van der Waals surface area contributed by atoms with E-state index in [1.54, 1.807) is 0 Å². The summed E-state index contributed by atoms with van der Waals surface area (Å²) >= 11 is -2.68. The number of nitrogens with one attached hydrogen (secondary N) is 1. The predicted molar refractivity (Wildman–Crippen MR) is 114 cm³/mol. The van der Waals surface area contributed by atoms with Crippen LogP contribution < -0.4 is 15.0 Å². The minimum Gasteiger partial charge on any atom is -0.760 e. The molecule has 1 heterocycles. The van der Waals surface area contributed by atoms with Gasteiger partial charge in [0, 0.05) is 28.8 Å². The molecule has 0 aliphatic heterocycles. The van der Waals surface area contributed by atoms with Gasteiger partial charge in [-0.25, -0.2) is 9.40 Å². The van der Waals surface area contributed by atoms with Crippen LogP contribution in [0.4, 0.5) is 13.2 Å². The van der Waals surface area contributed by atoms with Gasteiger partial charge in [0.1, 0.15) is 0 Å². The molecule has 0 radical (unpaired) electrons. The number of aromatic nitrogens is 2. The molecular weight excluding hydrogens is 475 g/mol. The van der Waals surface area contributed by atoms with E-state index in [1.807, 2.05) is 0 Å². The van der Waals surface area contributed by atoms with E-state index in [2.05, 4.69) is 10.2 Å². The summed E-state index contributed by atoms with van der Waals surface area (Å²) in [5.74, 6) is 0.550. The Kier molecular flexibility index (Phi) is 7.88. The van der Waals surface area contributed by atoms with Gasteiger partial charge in [-0.15, -0.1) is 12.4 Å². The van der Waals surface area contributed by atoms with Crippen molar-refractivity contribution in [3.8, 4) is 22.8 Å². The molecule has 3 rings (SSSR count). The van der Waals surface area contributed by atoms with Gasteiger partial charge in [-0.3, -0.25) is 9.00 Å². The van der Waals surface area contributed by atoms with E-state index >= 15 is 0 Å². The molecule has 0 saturated carbocycles. The largest absolute Gasteiger partial charge is 0.760 e. The van der Waals surface area contributed by atoms with Crippen LogP contribution >= 0.6 is 12.4 Å². The Labute approximate surface area is 189 Å². The SMILES string of the molecule is COc1cc2c(-c3ccc(CN(C)S(=O)[O-])c(C(F)(F)F)c3)n[nH]c(=O)c2cc1OC.Cl. The molecule has 0 spiro atoms. The quantitative estimate of drug-likeness (QED) is 0.529. The Balaban J connectivity index is 0.00000363. The van der Waals surface area contributed by atoms with Crippen molar-refractivity contribution in [2.24, 2.45) is 0 Å². The zero-order chi connectivity index (χ0) is 22.9. The Bertz CT molecular complexity index is 1220. The number of aromatic amines is 1. The maximum absolute atomic E-state index is 13.7. The summed E-state index contributed by atoms with van der Waals surface area (Å²) in [7, 11) is 3.94. The molecule has 0 aliphatic rings. The molecule has 1 atom stereocenters. The fourth-order valence-corrected chi connectivity index (χ4v) is 3.37. The summed E-state index contributed by atoms with van der Waals surface area (Å²) in [6.45, 7) is -0.462. The summed E-state index contributed by atoms with van der Waals surface area (Å²) in [5.41, 5.74) is -1.62. The van der Waals surface area contributed by atoms with Gasteiger partial charge in [-0.05, 0) is 30.8 Å². The third-order valence-electron chi connectivity index (χ3n) is 4.63. The lowest BCUT2D eigenvalue weighted by Gasteiger charge is -2.22. The molecule has 2 aromatic carbocycles. The highest BCUT2D eigenvalue weighted by Gasteiger charge is 2.34. The minimum atomic E-state index is -4.74. The number of ether oxygens (including phenoxy) is 2. The number of benzene rings is 2. The summed E-state index contributed by atoms with van der Waals surface area (Å²) < 4.78 is 74.3. The number of halogens is 4. The summed E-state index contributed by atoms with van der Waals surface area (Å²) in [6.07, 6.45) is -4.74. The average molecular weight is 493 g/mol. The summed E-state index contributed by atoms with van der Waals surface area (Å²) in [4.78, 5) is 12.2. The van der Waals surface area contributed by atoms with E-state index in [9.17, 15) is 26.7 Å². The fraction of sp³-hybridized carbons (Fsp3) is 0.263. The molecule has 32 heavy (non-hydrogen) atoms. The molecule has 0 aliphatic carbocycles. The molecule has 8 nitrogen and oxygen atoms in total. The topological polar surface area (TPSA) is 108 Å². The maximum atomic E-state index is 13.7. The van der Waals surface area contributed by atoms with Gasteiger partial charge in [-0.2, -0.15) is 18.3 Å². The number of methoxy groups -OCH3 is 2. The standard InChI is InChI=1S/C19H18F3N3O5S.ClH/c1-25(31(27)28)9-11-5-4-10(6-14(11)19(20,21)22)17-12-7-15(29-2)16(30-3)8-13(12)18(26)24-23-17;/h4-8H,9H2,1-3H3,(H,24,26)(H,27,28);1H/p-1. The highest BCUT2D eigenvalue weighted by molar-refractivity contribution is 7.76.